The molecule has 1 fully saturated rings. The second-order valence-electron chi connectivity index (χ2n) is 12.9. The van der Waals surface area contributed by atoms with Gasteiger partial charge in [-0.15, -0.1) is 0 Å². The lowest BCUT2D eigenvalue weighted by molar-refractivity contribution is 0.214. The highest BCUT2D eigenvalue weighted by atomic mass is 16.5. The van der Waals surface area contributed by atoms with Crippen LogP contribution in [-0.2, 0) is 17.5 Å². The molecule has 4 heterocycles. The van der Waals surface area contributed by atoms with Crippen LogP contribution in [-0.4, -0.2) is 14.0 Å². The van der Waals surface area contributed by atoms with Gasteiger partial charge in [-0.3, -0.25) is 0 Å². The van der Waals surface area contributed by atoms with Gasteiger partial charge in [0.25, 0.3) is 0 Å². The molecule has 214 valence electrons. The van der Waals surface area contributed by atoms with Gasteiger partial charge >= 0.3 is 14.0 Å². The number of hydrogen-bond acceptors (Lipinski definition) is 3. The smallest absolute Gasteiger partial charge is 0.408 e. The highest BCUT2D eigenvalue weighted by Crippen LogP contribution is 2.53. The number of rotatable bonds is 7. The van der Waals surface area contributed by atoms with E-state index in [9.17, 15) is 0 Å². The Kier molecular flexibility index (Phi) is 6.06. The maximum absolute atomic E-state index is 7.37. The average molecular weight is 570 g/mol. The van der Waals surface area contributed by atoms with Gasteiger partial charge < -0.3 is 14.2 Å². The van der Waals surface area contributed by atoms with Gasteiger partial charge in [-0.05, 0) is 94.3 Å². The Morgan fingerprint density at radius 1 is 0.636 bits per heavy atom. The van der Waals surface area contributed by atoms with Crippen molar-refractivity contribution in [3.05, 3.63) is 120 Å². The van der Waals surface area contributed by atoms with E-state index < -0.39 is 0 Å². The molecule has 0 spiro atoms. The Labute approximate surface area is 261 Å². The van der Waals surface area contributed by atoms with E-state index in [0.717, 1.165) is 12.8 Å². The van der Waals surface area contributed by atoms with Crippen LogP contribution in [0.2, 0.25) is 0 Å². The second-order valence-corrected chi connectivity index (χ2v) is 12.9. The number of unbranched alkanes of at least 4 members (excludes halogenated alkanes) is 2. The minimum atomic E-state index is -0.219. The first-order valence-corrected chi connectivity index (χ1v) is 16.6. The average Bonchev–Trinajstić information content (AvgIpc) is 3.08. The number of nitrogens with zero attached hydrogens (tertiary/aromatic N) is 2. The fourth-order valence-electron chi connectivity index (χ4n) is 8.24. The number of anilines is 2. The largest absolute Gasteiger partial charge is 0.443 e. The van der Waals surface area contributed by atoms with Crippen molar-refractivity contribution >= 4 is 36.3 Å². The maximum atomic E-state index is 7.37. The molecule has 9 rings (SSSR count). The predicted molar refractivity (Wildman–Crippen MR) is 186 cm³/mol. The maximum Gasteiger partial charge on any atom is 0.443 e. The van der Waals surface area contributed by atoms with Crippen LogP contribution in [0.25, 0.3) is 33.4 Å². The second kappa shape index (κ2) is 10.2. The summed E-state index contributed by atoms with van der Waals surface area (Å²) in [6, 6.07) is 39.0. The Morgan fingerprint density at radius 3 is 2.09 bits per heavy atom. The SMILES string of the molecule is CCCCc1ccc2c(c1)-c1cccc3c1B1N4B(OC(c5ccccc5)N12)c1ccccc1-c1cc(CCCC)cc-3c14. The third-order valence-corrected chi connectivity index (χ3v) is 10.2. The predicted octanol–water partition coefficient (Wildman–Crippen LogP) is 8.15. The van der Waals surface area contributed by atoms with Crippen molar-refractivity contribution < 1.29 is 4.65 Å². The number of aryl methyl sites for hydroxylation is 2. The fourth-order valence-corrected chi connectivity index (χ4v) is 8.24. The molecule has 0 aliphatic carbocycles. The lowest BCUT2D eigenvalue weighted by Crippen LogP contribution is -2.77. The Balaban J connectivity index is 1.36. The van der Waals surface area contributed by atoms with E-state index >= 15 is 0 Å². The number of fused-ring (bicyclic) bond motifs is 7. The normalized spacial score (nSPS) is 16.5. The standard InChI is InChI=1S/C39H36B2N2O/c1-3-5-13-26-21-22-36-32(23-26)30-18-12-19-31-34-25-27(14-6-4-2)24-33-29-17-10-11-20-35(29)41-43(38(33)34)40(37(30)31)42(36)39(44-41)28-15-8-7-9-16-28/h7-12,15-25,39H,3-6,13-14H2,1-2H3. The molecule has 1 unspecified atom stereocenters. The molecule has 1 atom stereocenters. The van der Waals surface area contributed by atoms with Crippen LogP contribution in [0.4, 0.5) is 11.4 Å². The minimum Gasteiger partial charge on any atom is -0.408 e. The first-order chi connectivity index (χ1) is 21.8. The van der Waals surface area contributed by atoms with Crippen molar-refractivity contribution in [3.63, 3.8) is 0 Å². The van der Waals surface area contributed by atoms with E-state index in [1.54, 1.807) is 0 Å². The van der Waals surface area contributed by atoms with Gasteiger partial charge in [-0.2, -0.15) is 0 Å². The fraction of sp³-hybridized carbons (Fsp3) is 0.231. The molecule has 4 aliphatic heterocycles. The van der Waals surface area contributed by atoms with Gasteiger partial charge in [0, 0.05) is 28.1 Å². The van der Waals surface area contributed by atoms with E-state index in [0.29, 0.717) is 0 Å². The summed E-state index contributed by atoms with van der Waals surface area (Å²) in [6.45, 7) is 4.59. The summed E-state index contributed by atoms with van der Waals surface area (Å²) in [5.74, 6) is 0. The van der Waals surface area contributed by atoms with E-state index in [1.807, 2.05) is 0 Å². The zero-order chi connectivity index (χ0) is 29.4. The van der Waals surface area contributed by atoms with Crippen molar-refractivity contribution in [1.29, 1.82) is 0 Å². The van der Waals surface area contributed by atoms with Gasteiger partial charge in [0.05, 0.1) is 0 Å². The van der Waals surface area contributed by atoms with Crippen molar-refractivity contribution in [3.8, 4) is 33.4 Å². The summed E-state index contributed by atoms with van der Waals surface area (Å²) in [6.07, 6.45) is 6.80. The summed E-state index contributed by atoms with van der Waals surface area (Å²) < 4.78 is 9.99. The monoisotopic (exact) mass is 570 g/mol. The molecule has 1 saturated heterocycles. The van der Waals surface area contributed by atoms with Crippen LogP contribution >= 0.6 is 0 Å². The van der Waals surface area contributed by atoms with Gasteiger partial charge in [-0.25, -0.2) is 0 Å². The van der Waals surface area contributed by atoms with E-state index in [-0.39, 0.29) is 20.3 Å². The molecular formula is C39H36B2N2O. The quantitative estimate of drug-likeness (QED) is 0.184. The summed E-state index contributed by atoms with van der Waals surface area (Å²) in [7, 11) is -0.183. The molecule has 44 heavy (non-hydrogen) atoms. The molecule has 5 aromatic rings. The van der Waals surface area contributed by atoms with Crippen molar-refractivity contribution in [2.75, 3.05) is 9.53 Å². The molecule has 0 N–H and O–H groups in total. The van der Waals surface area contributed by atoms with Crippen LogP contribution in [0.3, 0.4) is 0 Å². The summed E-state index contributed by atoms with van der Waals surface area (Å²) in [5, 5.41) is 0. The zero-order valence-corrected chi connectivity index (χ0v) is 25.6. The van der Waals surface area contributed by atoms with E-state index in [4.69, 9.17) is 4.65 Å². The Hall–Kier alpha value is -4.21. The lowest BCUT2D eigenvalue weighted by Gasteiger charge is -2.58. The molecule has 0 bridgehead atoms. The first kappa shape index (κ1) is 26.2. The molecular weight excluding hydrogens is 534 g/mol. The molecule has 4 aliphatic rings. The third-order valence-electron chi connectivity index (χ3n) is 10.2. The van der Waals surface area contributed by atoms with Gasteiger partial charge in [0.15, 0.2) is 0 Å². The Bertz CT molecular complexity index is 1920. The van der Waals surface area contributed by atoms with Crippen LogP contribution in [0.1, 0.15) is 62.4 Å². The van der Waals surface area contributed by atoms with Crippen LogP contribution in [0, 0.1) is 0 Å². The zero-order valence-electron chi connectivity index (χ0n) is 25.6. The van der Waals surface area contributed by atoms with Gasteiger partial charge in [-0.1, -0.05) is 106 Å². The van der Waals surface area contributed by atoms with Crippen LogP contribution in [0.15, 0.2) is 103 Å². The Morgan fingerprint density at radius 2 is 1.30 bits per heavy atom. The van der Waals surface area contributed by atoms with E-state index in [2.05, 4.69) is 127 Å². The van der Waals surface area contributed by atoms with Crippen LogP contribution < -0.4 is 20.5 Å². The highest BCUT2D eigenvalue weighted by Gasteiger charge is 2.58. The third kappa shape index (κ3) is 3.69. The summed E-state index contributed by atoms with van der Waals surface area (Å²) in [5.41, 5.74) is 17.4. The van der Waals surface area contributed by atoms with Crippen molar-refractivity contribution in [2.24, 2.45) is 0 Å². The summed E-state index contributed by atoms with van der Waals surface area (Å²) >= 11 is 0. The molecule has 0 amide bonds. The molecule has 3 nitrogen and oxygen atoms in total. The molecule has 5 aromatic carbocycles. The molecule has 0 aromatic heterocycles. The topological polar surface area (TPSA) is 15.7 Å². The van der Waals surface area contributed by atoms with Crippen molar-refractivity contribution in [2.45, 2.75) is 58.6 Å². The summed E-state index contributed by atoms with van der Waals surface area (Å²) in [4.78, 5) is 2.59. The van der Waals surface area contributed by atoms with Gasteiger partial charge in [0.1, 0.15) is 6.23 Å². The lowest BCUT2D eigenvalue weighted by atomic mass is 9.44. The van der Waals surface area contributed by atoms with Crippen molar-refractivity contribution in [1.82, 2.24) is 0 Å². The minimum absolute atomic E-state index is 0.0280. The number of benzene rings is 5. The first-order valence-electron chi connectivity index (χ1n) is 16.6. The highest BCUT2D eigenvalue weighted by molar-refractivity contribution is 6.98. The van der Waals surface area contributed by atoms with Crippen LogP contribution in [0.5, 0.6) is 0 Å². The van der Waals surface area contributed by atoms with Gasteiger partial charge in [0.2, 0.25) is 0 Å². The molecule has 0 radical (unpaired) electrons. The number of hydrogen-bond donors (Lipinski definition) is 0. The molecule has 0 saturated carbocycles. The molecule has 5 heteroatoms. The van der Waals surface area contributed by atoms with E-state index in [1.165, 1.54) is 98.1 Å².